The molecular formula is C4H3BO2S2. The molecule has 1 heterocycles. The lowest BCUT2D eigenvalue weighted by molar-refractivity contribution is 0.566. The average molecular weight is 158 g/mol. The lowest BCUT2D eigenvalue weighted by Gasteiger charge is -1.81. The van der Waals surface area contributed by atoms with E-state index in [0.29, 0.717) is 8.99 Å². The fourth-order valence-electron chi connectivity index (χ4n) is 0.428. The quantitative estimate of drug-likeness (QED) is 0.465. The highest BCUT2D eigenvalue weighted by atomic mass is 32.2. The third-order valence-corrected chi connectivity index (χ3v) is 2.64. The highest BCUT2D eigenvalue weighted by molar-refractivity contribution is 7.82. The monoisotopic (exact) mass is 158 g/mol. The summed E-state index contributed by atoms with van der Waals surface area (Å²) in [6.07, 6.45) is 0. The molecule has 0 aliphatic rings. The molecule has 1 aromatic heterocycles. The van der Waals surface area contributed by atoms with Crippen LogP contribution in [0.3, 0.4) is 0 Å². The zero-order valence-corrected chi connectivity index (χ0v) is 6.04. The van der Waals surface area contributed by atoms with Crippen LogP contribution in [0.1, 0.15) is 0 Å². The van der Waals surface area contributed by atoms with E-state index < -0.39 is 11.1 Å². The summed E-state index contributed by atoms with van der Waals surface area (Å²) in [5, 5.41) is 0. The second-order valence-electron chi connectivity index (χ2n) is 1.41. The van der Waals surface area contributed by atoms with Gasteiger partial charge in [-0.1, -0.05) is 6.07 Å². The molecule has 1 aromatic rings. The normalized spacial score (nSPS) is 13.4. The average Bonchev–Trinajstić information content (AvgIpc) is 2.14. The molecule has 2 radical (unpaired) electrons. The molecule has 0 amide bonds. The van der Waals surface area contributed by atoms with Crippen LogP contribution >= 0.6 is 11.3 Å². The minimum atomic E-state index is -1.87. The van der Waals surface area contributed by atoms with E-state index in [9.17, 15) is 4.21 Å². The summed E-state index contributed by atoms with van der Waals surface area (Å²) in [5.74, 6) is 0. The predicted octanol–water partition coefficient (Wildman–Crippen LogP) is 0.123. The van der Waals surface area contributed by atoms with Crippen LogP contribution in [0.5, 0.6) is 0 Å². The number of hydrogen-bond donors (Lipinski definition) is 1. The molecule has 0 spiro atoms. The summed E-state index contributed by atoms with van der Waals surface area (Å²) >= 11 is -0.746. The van der Waals surface area contributed by atoms with Crippen molar-refractivity contribution in [1.82, 2.24) is 0 Å². The summed E-state index contributed by atoms with van der Waals surface area (Å²) in [6, 6.07) is 3.14. The van der Waals surface area contributed by atoms with E-state index >= 15 is 0 Å². The van der Waals surface area contributed by atoms with Crippen LogP contribution < -0.4 is 4.78 Å². The Bertz CT molecular complexity index is 232. The third kappa shape index (κ3) is 1.64. The van der Waals surface area contributed by atoms with E-state index in [-0.39, 0.29) is 0 Å². The summed E-state index contributed by atoms with van der Waals surface area (Å²) in [6.45, 7) is 0. The molecule has 0 saturated carbocycles. The smallest absolute Gasteiger partial charge is 0.196 e. The number of rotatable bonds is 1. The largest absolute Gasteiger partial charge is 0.302 e. The number of thiophene rings is 1. The second-order valence-corrected chi connectivity index (χ2v) is 3.72. The molecule has 1 rings (SSSR count). The van der Waals surface area contributed by atoms with Crippen molar-refractivity contribution in [3.8, 4) is 0 Å². The lowest BCUT2D eigenvalue weighted by Crippen LogP contribution is -1.89. The van der Waals surface area contributed by atoms with Crippen molar-refractivity contribution in [2.24, 2.45) is 0 Å². The Morgan fingerprint density at radius 2 is 2.33 bits per heavy atom. The standard InChI is InChI=1S/C4H3BO2S2/c5-3-1-2-4(8-3)9(6)7/h1-2H,(H,6,7). The molecule has 1 unspecified atom stereocenters. The van der Waals surface area contributed by atoms with Crippen LogP contribution in [0.25, 0.3) is 0 Å². The molecule has 1 atom stereocenters. The van der Waals surface area contributed by atoms with Gasteiger partial charge in [0.25, 0.3) is 0 Å². The van der Waals surface area contributed by atoms with E-state index in [1.165, 1.54) is 6.07 Å². The minimum absolute atomic E-state index is 0.396. The Labute approximate surface area is 60.6 Å². The topological polar surface area (TPSA) is 37.3 Å². The first-order valence-electron chi connectivity index (χ1n) is 2.16. The lowest BCUT2D eigenvalue weighted by atomic mass is 10.1. The fraction of sp³-hybridized carbons (Fsp3) is 0. The van der Waals surface area contributed by atoms with Crippen LogP contribution in [0, 0.1) is 0 Å². The van der Waals surface area contributed by atoms with E-state index in [4.69, 9.17) is 12.4 Å². The van der Waals surface area contributed by atoms with Crippen molar-refractivity contribution in [2.45, 2.75) is 4.21 Å². The van der Waals surface area contributed by atoms with Gasteiger partial charge in [0, 0.05) is 0 Å². The summed E-state index contributed by atoms with van der Waals surface area (Å²) < 4.78 is 19.7. The van der Waals surface area contributed by atoms with Gasteiger partial charge < -0.3 is 4.55 Å². The van der Waals surface area contributed by atoms with Crippen molar-refractivity contribution < 1.29 is 8.76 Å². The Balaban J connectivity index is 2.98. The maximum atomic E-state index is 10.3. The van der Waals surface area contributed by atoms with Crippen molar-refractivity contribution in [2.75, 3.05) is 0 Å². The fourth-order valence-corrected chi connectivity index (χ4v) is 1.69. The van der Waals surface area contributed by atoms with E-state index in [1.54, 1.807) is 6.07 Å². The van der Waals surface area contributed by atoms with Gasteiger partial charge in [0.05, 0.1) is 0 Å². The first-order chi connectivity index (χ1) is 4.20. The van der Waals surface area contributed by atoms with Crippen LogP contribution in [-0.4, -0.2) is 16.6 Å². The highest BCUT2D eigenvalue weighted by Crippen LogP contribution is 2.08. The summed E-state index contributed by atoms with van der Waals surface area (Å²) in [5.41, 5.74) is 0. The van der Waals surface area contributed by atoms with Gasteiger partial charge in [-0.15, -0.1) is 11.3 Å². The first kappa shape index (κ1) is 6.99. The third-order valence-electron chi connectivity index (χ3n) is 0.774. The van der Waals surface area contributed by atoms with Gasteiger partial charge >= 0.3 is 0 Å². The number of hydrogen-bond acceptors (Lipinski definition) is 2. The first-order valence-corrected chi connectivity index (χ1v) is 4.08. The maximum absolute atomic E-state index is 10.3. The molecule has 5 heteroatoms. The molecule has 0 aromatic carbocycles. The van der Waals surface area contributed by atoms with Crippen molar-refractivity contribution in [3.05, 3.63) is 12.1 Å². The zero-order valence-electron chi connectivity index (χ0n) is 4.40. The van der Waals surface area contributed by atoms with Crippen LogP contribution in [0.15, 0.2) is 16.3 Å². The Kier molecular flexibility index (Phi) is 2.05. The molecule has 0 aliphatic carbocycles. The van der Waals surface area contributed by atoms with E-state index in [2.05, 4.69) is 0 Å². The predicted molar refractivity (Wildman–Crippen MR) is 38.7 cm³/mol. The molecule has 0 bridgehead atoms. The summed E-state index contributed by atoms with van der Waals surface area (Å²) in [7, 11) is 5.29. The highest BCUT2D eigenvalue weighted by Gasteiger charge is 1.99. The van der Waals surface area contributed by atoms with Crippen molar-refractivity contribution >= 4 is 35.0 Å². The van der Waals surface area contributed by atoms with Gasteiger partial charge in [0.1, 0.15) is 12.1 Å². The minimum Gasteiger partial charge on any atom is -0.302 e. The Hall–Kier alpha value is -0.125. The summed E-state index contributed by atoms with van der Waals surface area (Å²) in [4.78, 5) is 0. The molecule has 46 valence electrons. The van der Waals surface area contributed by atoms with Crippen molar-refractivity contribution in [1.29, 1.82) is 0 Å². The molecule has 0 fully saturated rings. The second kappa shape index (κ2) is 2.64. The molecule has 2 nitrogen and oxygen atoms in total. The SMILES string of the molecule is [B]c1ccc(S(=O)O)s1. The molecule has 0 aliphatic heterocycles. The van der Waals surface area contributed by atoms with Crippen molar-refractivity contribution in [3.63, 3.8) is 0 Å². The molecule has 0 saturated heterocycles. The zero-order chi connectivity index (χ0) is 6.85. The molecular weight excluding hydrogens is 155 g/mol. The van der Waals surface area contributed by atoms with Gasteiger partial charge in [0.15, 0.2) is 11.1 Å². The Morgan fingerprint density at radius 3 is 2.56 bits per heavy atom. The van der Waals surface area contributed by atoms with Gasteiger partial charge in [-0.25, -0.2) is 4.21 Å². The van der Waals surface area contributed by atoms with E-state index in [0.717, 1.165) is 11.3 Å². The maximum Gasteiger partial charge on any atom is 0.196 e. The van der Waals surface area contributed by atoms with E-state index in [1.807, 2.05) is 0 Å². The molecule has 1 N–H and O–H groups in total. The van der Waals surface area contributed by atoms with Crippen LogP contribution in [-0.2, 0) is 11.1 Å². The van der Waals surface area contributed by atoms with Crippen LogP contribution in [0.4, 0.5) is 0 Å². The van der Waals surface area contributed by atoms with Crippen LogP contribution in [0.2, 0.25) is 0 Å². The van der Waals surface area contributed by atoms with Gasteiger partial charge in [-0.3, -0.25) is 0 Å². The Morgan fingerprint density at radius 1 is 1.67 bits per heavy atom. The van der Waals surface area contributed by atoms with Gasteiger partial charge in [-0.05, 0) is 10.8 Å². The molecule has 9 heavy (non-hydrogen) atoms. The van der Waals surface area contributed by atoms with Gasteiger partial charge in [0.2, 0.25) is 0 Å². The van der Waals surface area contributed by atoms with Gasteiger partial charge in [-0.2, -0.15) is 0 Å².